The Morgan fingerprint density at radius 2 is 1.63 bits per heavy atom. The zero-order chi connectivity index (χ0) is 24.5. The van der Waals surface area contributed by atoms with Crippen molar-refractivity contribution in [1.82, 2.24) is 15.3 Å². The summed E-state index contributed by atoms with van der Waals surface area (Å²) in [6.45, 7) is 3.26. The minimum absolute atomic E-state index is 0.424. The van der Waals surface area contributed by atoms with Crippen molar-refractivity contribution in [3.63, 3.8) is 0 Å². The van der Waals surface area contributed by atoms with E-state index < -0.39 is 0 Å². The van der Waals surface area contributed by atoms with Crippen LogP contribution in [-0.4, -0.2) is 42.7 Å². The maximum Gasteiger partial charge on any atom is 0.225 e. The molecule has 0 atom stereocenters. The molecular formula is C30H41N5. The van der Waals surface area contributed by atoms with Crippen LogP contribution in [0.15, 0.2) is 60.2 Å². The van der Waals surface area contributed by atoms with Gasteiger partial charge in [0.1, 0.15) is 5.82 Å². The van der Waals surface area contributed by atoms with Crippen LogP contribution in [-0.2, 0) is 0 Å². The average molecular weight is 472 g/mol. The van der Waals surface area contributed by atoms with Crippen LogP contribution in [0.1, 0.15) is 63.9 Å². The van der Waals surface area contributed by atoms with E-state index in [4.69, 9.17) is 9.97 Å². The third kappa shape index (κ3) is 7.28. The Balaban J connectivity index is 1.31. The summed E-state index contributed by atoms with van der Waals surface area (Å²) in [6.07, 6.45) is 12.0. The molecular weight excluding hydrogens is 430 g/mol. The van der Waals surface area contributed by atoms with Crippen molar-refractivity contribution in [3.8, 4) is 0 Å². The summed E-state index contributed by atoms with van der Waals surface area (Å²) in [6, 6.07) is 20.0. The van der Waals surface area contributed by atoms with Gasteiger partial charge in [0.15, 0.2) is 0 Å². The molecule has 3 aromatic rings. The first-order valence-electron chi connectivity index (χ1n) is 13.3. The predicted molar refractivity (Wildman–Crippen MR) is 150 cm³/mol. The Hall–Kier alpha value is -2.92. The molecule has 1 aromatic heterocycles. The first-order chi connectivity index (χ1) is 17.1. The van der Waals surface area contributed by atoms with Gasteiger partial charge >= 0.3 is 0 Å². The number of unbranched alkanes of at least 4 members (excludes halogenated alkanes) is 2. The number of nitrogens with one attached hydrogen (secondary N) is 2. The molecule has 0 radical (unpaired) electrons. The van der Waals surface area contributed by atoms with Gasteiger partial charge in [-0.2, -0.15) is 4.98 Å². The molecule has 0 spiro atoms. The molecule has 0 unspecified atom stereocenters. The second-order valence-electron chi connectivity index (χ2n) is 10.0. The summed E-state index contributed by atoms with van der Waals surface area (Å²) >= 11 is 0. The number of nitrogens with zero attached hydrogens (tertiary/aromatic N) is 3. The van der Waals surface area contributed by atoms with E-state index >= 15 is 0 Å². The molecule has 1 fully saturated rings. The lowest BCUT2D eigenvalue weighted by molar-refractivity contribution is 0.360. The fourth-order valence-electron chi connectivity index (χ4n) is 4.96. The lowest BCUT2D eigenvalue weighted by Gasteiger charge is -2.30. The first kappa shape index (κ1) is 25.2. The Labute approximate surface area is 211 Å². The zero-order valence-electron chi connectivity index (χ0n) is 21.6. The fraction of sp³-hybridized carbons (Fsp3) is 0.467. The van der Waals surface area contributed by atoms with Crippen molar-refractivity contribution in [1.29, 1.82) is 0 Å². The number of para-hydroxylation sites is 1. The van der Waals surface area contributed by atoms with Crippen molar-refractivity contribution >= 4 is 28.7 Å². The standard InChI is InChI=1S/C30H41N5/c1-4-5-7-14-24(21-23-12-8-6-9-13-23)22-31-25-17-19-26(20-18-25)32-30-33-28-16-11-10-15-27(28)29(34-30)35(2)3/h6,8-13,15-16,21,25-26,31H,4-5,7,14,17-20,22H2,1-3H3,(H,32,33,34)/b24-21+/t25-,26+. The Bertz CT molecular complexity index is 1080. The smallest absolute Gasteiger partial charge is 0.225 e. The number of hydrogen-bond acceptors (Lipinski definition) is 5. The molecule has 1 aliphatic carbocycles. The van der Waals surface area contributed by atoms with Gasteiger partial charge < -0.3 is 15.5 Å². The second-order valence-corrected chi connectivity index (χ2v) is 10.0. The van der Waals surface area contributed by atoms with E-state index in [1.165, 1.54) is 49.7 Å². The van der Waals surface area contributed by atoms with Gasteiger partial charge in [-0.25, -0.2) is 4.98 Å². The third-order valence-electron chi connectivity index (χ3n) is 6.96. The summed E-state index contributed by atoms with van der Waals surface area (Å²) in [7, 11) is 4.08. The van der Waals surface area contributed by atoms with Crippen molar-refractivity contribution in [2.24, 2.45) is 0 Å². The molecule has 5 heteroatoms. The molecule has 1 heterocycles. The molecule has 1 saturated carbocycles. The van der Waals surface area contributed by atoms with Gasteiger partial charge in [-0.05, 0) is 56.2 Å². The number of anilines is 2. The topological polar surface area (TPSA) is 53.1 Å². The second kappa shape index (κ2) is 12.7. The van der Waals surface area contributed by atoms with E-state index in [0.717, 1.165) is 42.1 Å². The predicted octanol–water partition coefficient (Wildman–Crippen LogP) is 6.67. The van der Waals surface area contributed by atoms with Crippen molar-refractivity contribution in [3.05, 3.63) is 65.7 Å². The van der Waals surface area contributed by atoms with E-state index in [0.29, 0.717) is 12.1 Å². The maximum absolute atomic E-state index is 4.83. The quantitative estimate of drug-likeness (QED) is 0.306. The van der Waals surface area contributed by atoms with Crippen LogP contribution in [0.5, 0.6) is 0 Å². The van der Waals surface area contributed by atoms with Crippen LogP contribution in [0.2, 0.25) is 0 Å². The van der Waals surface area contributed by atoms with Gasteiger partial charge in [0.2, 0.25) is 5.95 Å². The number of benzene rings is 2. The largest absolute Gasteiger partial charge is 0.362 e. The zero-order valence-corrected chi connectivity index (χ0v) is 21.6. The summed E-state index contributed by atoms with van der Waals surface area (Å²) < 4.78 is 0. The van der Waals surface area contributed by atoms with E-state index in [-0.39, 0.29) is 0 Å². The third-order valence-corrected chi connectivity index (χ3v) is 6.96. The Morgan fingerprint density at radius 1 is 0.914 bits per heavy atom. The van der Waals surface area contributed by atoms with Crippen LogP contribution in [0, 0.1) is 0 Å². The van der Waals surface area contributed by atoms with E-state index in [1.807, 2.05) is 26.2 Å². The van der Waals surface area contributed by atoms with Gasteiger partial charge in [-0.3, -0.25) is 0 Å². The average Bonchev–Trinajstić information content (AvgIpc) is 2.88. The first-order valence-corrected chi connectivity index (χ1v) is 13.3. The summed E-state index contributed by atoms with van der Waals surface area (Å²) in [4.78, 5) is 11.7. The van der Waals surface area contributed by atoms with Crippen LogP contribution in [0.4, 0.5) is 11.8 Å². The molecule has 0 saturated heterocycles. The SMILES string of the molecule is CCCCC/C(=C\c1ccccc1)CN[C@H]1CC[C@@H](Nc2nc(N(C)C)c3ccccc3n2)CC1. The van der Waals surface area contributed by atoms with E-state index in [9.17, 15) is 0 Å². The van der Waals surface area contributed by atoms with Crippen molar-refractivity contribution in [2.75, 3.05) is 30.9 Å². The number of aromatic nitrogens is 2. The minimum Gasteiger partial charge on any atom is -0.362 e. The monoisotopic (exact) mass is 471 g/mol. The number of fused-ring (bicyclic) bond motifs is 1. The lowest BCUT2D eigenvalue weighted by atomic mass is 9.91. The van der Waals surface area contributed by atoms with Gasteiger partial charge in [0, 0.05) is 38.1 Å². The number of rotatable bonds is 11. The maximum atomic E-state index is 4.83. The molecule has 0 aliphatic heterocycles. The van der Waals surface area contributed by atoms with Crippen LogP contribution >= 0.6 is 0 Å². The molecule has 5 nitrogen and oxygen atoms in total. The van der Waals surface area contributed by atoms with Gasteiger partial charge in [0.05, 0.1) is 5.52 Å². The summed E-state index contributed by atoms with van der Waals surface area (Å²) in [5.41, 5.74) is 3.82. The van der Waals surface area contributed by atoms with Crippen LogP contribution < -0.4 is 15.5 Å². The fourth-order valence-corrected chi connectivity index (χ4v) is 4.96. The molecule has 0 bridgehead atoms. The highest BCUT2D eigenvalue weighted by atomic mass is 15.2. The van der Waals surface area contributed by atoms with Crippen molar-refractivity contribution in [2.45, 2.75) is 70.4 Å². The van der Waals surface area contributed by atoms with E-state index in [2.05, 4.69) is 71.0 Å². The van der Waals surface area contributed by atoms with Crippen LogP contribution in [0.25, 0.3) is 17.0 Å². The van der Waals surface area contributed by atoms with E-state index in [1.54, 1.807) is 0 Å². The number of hydrogen-bond donors (Lipinski definition) is 2. The molecule has 186 valence electrons. The normalized spacial score (nSPS) is 18.5. The van der Waals surface area contributed by atoms with Gasteiger partial charge in [-0.15, -0.1) is 0 Å². The minimum atomic E-state index is 0.424. The van der Waals surface area contributed by atoms with Gasteiger partial charge in [-0.1, -0.05) is 73.9 Å². The highest BCUT2D eigenvalue weighted by Crippen LogP contribution is 2.26. The van der Waals surface area contributed by atoms with Crippen LogP contribution in [0.3, 0.4) is 0 Å². The summed E-state index contributed by atoms with van der Waals surface area (Å²) in [5.74, 6) is 1.71. The van der Waals surface area contributed by atoms with Gasteiger partial charge in [0.25, 0.3) is 0 Å². The van der Waals surface area contributed by atoms with Crippen molar-refractivity contribution < 1.29 is 0 Å². The highest BCUT2D eigenvalue weighted by Gasteiger charge is 2.22. The Kier molecular flexibility index (Phi) is 9.13. The lowest BCUT2D eigenvalue weighted by Crippen LogP contribution is -2.38. The molecule has 2 aromatic carbocycles. The molecule has 2 N–H and O–H groups in total. The Morgan fingerprint density at radius 3 is 2.37 bits per heavy atom. The molecule has 0 amide bonds. The highest BCUT2D eigenvalue weighted by molar-refractivity contribution is 5.90. The molecule has 35 heavy (non-hydrogen) atoms. The molecule has 4 rings (SSSR count). The summed E-state index contributed by atoms with van der Waals surface area (Å²) in [5, 5.41) is 8.59. The molecule has 1 aliphatic rings.